The smallest absolute Gasteiger partial charge is 0.410 e. The zero-order valence-corrected chi connectivity index (χ0v) is 10.2. The molecule has 1 saturated heterocycles. The molecule has 1 heterocycles. The number of hydrogen-bond donors (Lipinski definition) is 1. The molecule has 1 aliphatic rings. The lowest BCUT2D eigenvalue weighted by atomic mass is 10.0. The van der Waals surface area contributed by atoms with Crippen LogP contribution >= 0.6 is 0 Å². The Balaban J connectivity index is 1.72. The quantitative estimate of drug-likeness (QED) is 0.814. The highest BCUT2D eigenvalue weighted by Gasteiger charge is 2.30. The number of likely N-dealkylation sites (tertiary alicyclic amines) is 1. The number of benzene rings is 1. The SMILES string of the molecule is O=C(O)C#CC1CN(C(=O)OCc2ccccc2)C1. The molecule has 1 amide bonds. The molecule has 98 valence electrons. The fraction of sp³-hybridized carbons (Fsp3) is 0.286. The lowest BCUT2D eigenvalue weighted by Gasteiger charge is -2.35. The van der Waals surface area contributed by atoms with E-state index in [0.717, 1.165) is 5.56 Å². The summed E-state index contributed by atoms with van der Waals surface area (Å²) in [4.78, 5) is 23.4. The minimum Gasteiger partial charge on any atom is -0.472 e. The molecule has 1 aliphatic heterocycles. The van der Waals surface area contributed by atoms with Crippen molar-refractivity contribution in [3.8, 4) is 11.8 Å². The van der Waals surface area contributed by atoms with Crippen molar-refractivity contribution < 1.29 is 19.4 Å². The zero-order chi connectivity index (χ0) is 13.7. The van der Waals surface area contributed by atoms with Crippen LogP contribution in [-0.4, -0.2) is 35.2 Å². The molecule has 1 aromatic carbocycles. The summed E-state index contributed by atoms with van der Waals surface area (Å²) in [5.41, 5.74) is 0.929. The van der Waals surface area contributed by atoms with E-state index in [0.29, 0.717) is 13.1 Å². The summed E-state index contributed by atoms with van der Waals surface area (Å²) in [5, 5.41) is 8.39. The fourth-order valence-electron chi connectivity index (χ4n) is 1.69. The average molecular weight is 259 g/mol. The molecule has 5 nitrogen and oxygen atoms in total. The van der Waals surface area contributed by atoms with Gasteiger partial charge >= 0.3 is 12.1 Å². The van der Waals surface area contributed by atoms with E-state index in [1.807, 2.05) is 30.3 Å². The second-order valence-corrected chi connectivity index (χ2v) is 4.22. The number of carbonyl (C=O) groups is 2. The zero-order valence-electron chi connectivity index (χ0n) is 10.2. The highest BCUT2D eigenvalue weighted by molar-refractivity contribution is 5.86. The van der Waals surface area contributed by atoms with Crippen molar-refractivity contribution in [1.29, 1.82) is 0 Å². The number of carbonyl (C=O) groups excluding carboxylic acids is 1. The van der Waals surface area contributed by atoms with E-state index >= 15 is 0 Å². The Hall–Kier alpha value is -2.48. The molecule has 0 spiro atoms. The molecule has 0 atom stereocenters. The van der Waals surface area contributed by atoms with Gasteiger partial charge in [-0.3, -0.25) is 0 Å². The fourth-order valence-corrected chi connectivity index (χ4v) is 1.69. The highest BCUT2D eigenvalue weighted by atomic mass is 16.6. The van der Waals surface area contributed by atoms with Crippen molar-refractivity contribution in [1.82, 2.24) is 4.90 Å². The summed E-state index contributed by atoms with van der Waals surface area (Å²) < 4.78 is 5.13. The van der Waals surface area contributed by atoms with Gasteiger partial charge in [0.05, 0.1) is 5.92 Å². The Morgan fingerprint density at radius 2 is 2.00 bits per heavy atom. The molecule has 2 rings (SSSR count). The number of amides is 1. The van der Waals surface area contributed by atoms with Crippen LogP contribution in [0, 0.1) is 17.8 Å². The van der Waals surface area contributed by atoms with Crippen LogP contribution in [0.25, 0.3) is 0 Å². The van der Waals surface area contributed by atoms with Crippen LogP contribution in [0.5, 0.6) is 0 Å². The Morgan fingerprint density at radius 3 is 2.63 bits per heavy atom. The maximum atomic E-state index is 11.6. The minimum absolute atomic E-state index is 0.0691. The van der Waals surface area contributed by atoms with E-state index in [4.69, 9.17) is 9.84 Å². The maximum Gasteiger partial charge on any atom is 0.410 e. The van der Waals surface area contributed by atoms with Gasteiger partial charge in [-0.2, -0.15) is 0 Å². The standard InChI is InChI=1S/C14H13NO4/c16-13(17)7-6-12-8-15(9-12)14(18)19-10-11-4-2-1-3-5-11/h1-5,12H,8-10H2,(H,16,17). The van der Waals surface area contributed by atoms with Crippen LogP contribution in [0.3, 0.4) is 0 Å². The third-order valence-corrected chi connectivity index (χ3v) is 2.73. The lowest BCUT2D eigenvalue weighted by molar-refractivity contribution is -0.130. The topological polar surface area (TPSA) is 66.8 Å². The van der Waals surface area contributed by atoms with Gasteiger partial charge in [-0.1, -0.05) is 36.3 Å². The largest absolute Gasteiger partial charge is 0.472 e. The van der Waals surface area contributed by atoms with E-state index < -0.39 is 12.1 Å². The molecule has 1 aromatic rings. The number of aliphatic carboxylic acids is 1. The van der Waals surface area contributed by atoms with E-state index in [1.165, 1.54) is 4.90 Å². The molecular weight excluding hydrogens is 246 g/mol. The molecule has 0 aromatic heterocycles. The first kappa shape index (κ1) is 13.0. The average Bonchev–Trinajstić information content (AvgIpc) is 2.35. The monoisotopic (exact) mass is 259 g/mol. The van der Waals surface area contributed by atoms with Crippen LogP contribution in [-0.2, 0) is 16.1 Å². The number of rotatable bonds is 2. The molecule has 0 aliphatic carbocycles. The Bertz CT molecular complexity index is 523. The van der Waals surface area contributed by atoms with E-state index in [2.05, 4.69) is 11.8 Å². The first-order valence-electron chi connectivity index (χ1n) is 5.85. The lowest BCUT2D eigenvalue weighted by Crippen LogP contribution is -2.49. The highest BCUT2D eigenvalue weighted by Crippen LogP contribution is 2.16. The summed E-state index contributed by atoms with van der Waals surface area (Å²) in [5.74, 6) is 3.41. The number of nitrogens with zero attached hydrogens (tertiary/aromatic N) is 1. The molecule has 0 saturated carbocycles. The van der Waals surface area contributed by atoms with E-state index in [-0.39, 0.29) is 12.5 Å². The third-order valence-electron chi connectivity index (χ3n) is 2.73. The van der Waals surface area contributed by atoms with Gasteiger partial charge in [0.25, 0.3) is 0 Å². The van der Waals surface area contributed by atoms with Crippen molar-refractivity contribution >= 4 is 12.1 Å². The first-order valence-corrected chi connectivity index (χ1v) is 5.85. The maximum absolute atomic E-state index is 11.6. The molecule has 5 heteroatoms. The molecule has 19 heavy (non-hydrogen) atoms. The van der Waals surface area contributed by atoms with Gasteiger partial charge in [0.15, 0.2) is 0 Å². The van der Waals surface area contributed by atoms with Gasteiger partial charge in [0.1, 0.15) is 6.61 Å². The molecule has 1 fully saturated rings. The Labute approximate surface area is 110 Å². The van der Waals surface area contributed by atoms with Gasteiger partial charge in [-0.15, -0.1) is 0 Å². The summed E-state index contributed by atoms with van der Waals surface area (Å²) in [7, 11) is 0. The van der Waals surface area contributed by atoms with Crippen LogP contribution in [0.4, 0.5) is 4.79 Å². The minimum atomic E-state index is -1.15. The summed E-state index contributed by atoms with van der Waals surface area (Å²) >= 11 is 0. The Morgan fingerprint density at radius 1 is 1.32 bits per heavy atom. The van der Waals surface area contributed by atoms with Gasteiger partial charge in [-0.05, 0) is 5.56 Å². The van der Waals surface area contributed by atoms with Crippen LogP contribution < -0.4 is 0 Å². The third kappa shape index (κ3) is 3.75. The predicted octanol–water partition coefficient (Wildman–Crippen LogP) is 1.34. The molecule has 0 bridgehead atoms. The van der Waals surface area contributed by atoms with Crippen molar-refractivity contribution in [2.24, 2.45) is 5.92 Å². The van der Waals surface area contributed by atoms with Crippen LogP contribution in [0.1, 0.15) is 5.56 Å². The number of hydrogen-bond acceptors (Lipinski definition) is 3. The summed E-state index contributed by atoms with van der Waals surface area (Å²) in [6.45, 7) is 1.09. The summed E-state index contributed by atoms with van der Waals surface area (Å²) in [6, 6.07) is 9.41. The van der Waals surface area contributed by atoms with E-state index in [9.17, 15) is 9.59 Å². The molecule has 0 unspecified atom stereocenters. The van der Waals surface area contributed by atoms with Crippen molar-refractivity contribution in [3.63, 3.8) is 0 Å². The van der Waals surface area contributed by atoms with E-state index in [1.54, 1.807) is 0 Å². The summed E-state index contributed by atoms with van der Waals surface area (Å²) in [6.07, 6.45) is -0.391. The number of ether oxygens (including phenoxy) is 1. The second-order valence-electron chi connectivity index (χ2n) is 4.22. The van der Waals surface area contributed by atoms with Gasteiger partial charge in [-0.25, -0.2) is 9.59 Å². The van der Waals surface area contributed by atoms with Gasteiger partial charge < -0.3 is 14.7 Å². The molecular formula is C14H13NO4. The molecule has 0 radical (unpaired) electrons. The van der Waals surface area contributed by atoms with Gasteiger partial charge in [0, 0.05) is 19.0 Å². The number of carboxylic acid groups (broad SMARTS) is 1. The Kier molecular flexibility index (Phi) is 4.04. The first-order chi connectivity index (χ1) is 9.15. The predicted molar refractivity (Wildman–Crippen MR) is 67.1 cm³/mol. The normalized spacial score (nSPS) is 14.0. The van der Waals surface area contributed by atoms with Crippen molar-refractivity contribution in [2.45, 2.75) is 6.61 Å². The van der Waals surface area contributed by atoms with Crippen LogP contribution in [0.2, 0.25) is 0 Å². The second kappa shape index (κ2) is 5.91. The van der Waals surface area contributed by atoms with Crippen molar-refractivity contribution in [2.75, 3.05) is 13.1 Å². The van der Waals surface area contributed by atoms with Crippen LogP contribution in [0.15, 0.2) is 30.3 Å². The van der Waals surface area contributed by atoms with Gasteiger partial charge in [0.2, 0.25) is 0 Å². The van der Waals surface area contributed by atoms with Crippen molar-refractivity contribution in [3.05, 3.63) is 35.9 Å². The molecule has 1 N–H and O–H groups in total. The number of carboxylic acids is 1.